The maximum atomic E-state index is 9.19. The lowest BCUT2D eigenvalue weighted by Crippen LogP contribution is -2.40. The molecule has 2 saturated carbocycles. The Morgan fingerprint density at radius 3 is 2.61 bits per heavy atom. The van der Waals surface area contributed by atoms with Crippen LogP contribution in [0, 0.1) is 17.8 Å². The van der Waals surface area contributed by atoms with Gasteiger partial charge in [0, 0.05) is 25.7 Å². The van der Waals surface area contributed by atoms with E-state index in [1.165, 1.54) is 38.5 Å². The molecular weight excluding hydrogens is 286 g/mol. The number of nitrogens with zero attached hydrogens (tertiary/aromatic N) is 1. The van der Waals surface area contributed by atoms with Crippen LogP contribution in [0.1, 0.15) is 71.6 Å². The van der Waals surface area contributed by atoms with Gasteiger partial charge in [-0.05, 0) is 43.9 Å². The van der Waals surface area contributed by atoms with Crippen molar-refractivity contribution in [2.24, 2.45) is 22.7 Å². The molecule has 23 heavy (non-hydrogen) atoms. The van der Waals surface area contributed by atoms with Gasteiger partial charge in [0.15, 0.2) is 5.96 Å². The van der Waals surface area contributed by atoms with Gasteiger partial charge in [0.25, 0.3) is 0 Å². The van der Waals surface area contributed by atoms with Gasteiger partial charge < -0.3 is 15.7 Å². The van der Waals surface area contributed by atoms with Crippen LogP contribution >= 0.6 is 0 Å². The van der Waals surface area contributed by atoms with Crippen molar-refractivity contribution in [1.82, 2.24) is 10.6 Å². The van der Waals surface area contributed by atoms with E-state index >= 15 is 0 Å². The monoisotopic (exact) mass is 323 g/mol. The number of guanidine groups is 1. The van der Waals surface area contributed by atoms with E-state index in [2.05, 4.69) is 24.5 Å². The molecule has 2 rings (SSSR count). The first kappa shape index (κ1) is 18.6. The van der Waals surface area contributed by atoms with E-state index in [1.54, 1.807) is 0 Å². The first-order valence-corrected chi connectivity index (χ1v) is 9.94. The van der Waals surface area contributed by atoms with Crippen molar-refractivity contribution in [3.8, 4) is 0 Å². The van der Waals surface area contributed by atoms with Crippen LogP contribution in [0.5, 0.6) is 0 Å². The minimum atomic E-state index is 0.274. The summed E-state index contributed by atoms with van der Waals surface area (Å²) >= 11 is 0. The highest BCUT2D eigenvalue weighted by molar-refractivity contribution is 5.80. The molecule has 0 aromatic rings. The number of nitrogens with one attached hydrogen (secondary N) is 2. The van der Waals surface area contributed by atoms with E-state index in [1.807, 2.05) is 0 Å². The second-order valence-corrected chi connectivity index (χ2v) is 7.44. The molecule has 0 aromatic heterocycles. The Morgan fingerprint density at radius 1 is 1.17 bits per heavy atom. The van der Waals surface area contributed by atoms with Crippen LogP contribution in [0.2, 0.25) is 0 Å². The fourth-order valence-corrected chi connectivity index (χ4v) is 4.10. The Hall–Kier alpha value is -0.770. The molecule has 134 valence electrons. The average Bonchev–Trinajstić information content (AvgIpc) is 3.33. The Bertz CT molecular complexity index is 347. The van der Waals surface area contributed by atoms with Crippen LogP contribution in [-0.2, 0) is 0 Å². The van der Waals surface area contributed by atoms with Crippen molar-refractivity contribution >= 4 is 5.96 Å². The Morgan fingerprint density at radius 2 is 1.96 bits per heavy atom. The fourth-order valence-electron chi connectivity index (χ4n) is 4.10. The molecule has 4 nitrogen and oxygen atoms in total. The summed E-state index contributed by atoms with van der Waals surface area (Å²) in [6.45, 7) is 6.34. The minimum Gasteiger partial charge on any atom is -0.396 e. The van der Waals surface area contributed by atoms with Crippen molar-refractivity contribution in [1.29, 1.82) is 0 Å². The SMILES string of the molecule is CCCC(CCO)CN=C(NCC)NC1CC1C1CCCCC1. The maximum absolute atomic E-state index is 9.19. The lowest BCUT2D eigenvalue weighted by Gasteiger charge is -2.22. The predicted molar refractivity (Wildman–Crippen MR) is 97.7 cm³/mol. The Kier molecular flexibility index (Phi) is 8.21. The molecule has 0 aromatic carbocycles. The summed E-state index contributed by atoms with van der Waals surface area (Å²) in [4.78, 5) is 4.79. The van der Waals surface area contributed by atoms with Crippen LogP contribution in [-0.4, -0.2) is 36.8 Å². The van der Waals surface area contributed by atoms with E-state index < -0.39 is 0 Å². The number of hydrogen-bond acceptors (Lipinski definition) is 2. The molecule has 0 radical (unpaired) electrons. The van der Waals surface area contributed by atoms with E-state index in [4.69, 9.17) is 4.99 Å². The highest BCUT2D eigenvalue weighted by Crippen LogP contribution is 2.44. The van der Waals surface area contributed by atoms with Crippen molar-refractivity contribution in [2.75, 3.05) is 19.7 Å². The van der Waals surface area contributed by atoms with Gasteiger partial charge in [0.05, 0.1) is 0 Å². The van der Waals surface area contributed by atoms with Gasteiger partial charge in [0.2, 0.25) is 0 Å². The van der Waals surface area contributed by atoms with Gasteiger partial charge in [-0.25, -0.2) is 0 Å². The third-order valence-electron chi connectivity index (χ3n) is 5.50. The van der Waals surface area contributed by atoms with Crippen molar-refractivity contribution in [2.45, 2.75) is 77.7 Å². The number of aliphatic hydroxyl groups is 1. The number of aliphatic hydroxyl groups excluding tert-OH is 1. The van der Waals surface area contributed by atoms with E-state index in [0.29, 0.717) is 12.0 Å². The van der Waals surface area contributed by atoms with Crippen molar-refractivity contribution in [3.05, 3.63) is 0 Å². The largest absolute Gasteiger partial charge is 0.396 e. The molecule has 2 aliphatic rings. The van der Waals surface area contributed by atoms with Crippen LogP contribution in [0.25, 0.3) is 0 Å². The minimum absolute atomic E-state index is 0.274. The molecular formula is C19H37N3O. The first-order valence-electron chi connectivity index (χ1n) is 9.94. The van der Waals surface area contributed by atoms with E-state index in [0.717, 1.165) is 50.1 Å². The van der Waals surface area contributed by atoms with Crippen molar-refractivity contribution < 1.29 is 5.11 Å². The summed E-state index contributed by atoms with van der Waals surface area (Å²) in [6, 6.07) is 0.637. The van der Waals surface area contributed by atoms with Gasteiger partial charge in [-0.15, -0.1) is 0 Å². The molecule has 3 atom stereocenters. The molecule has 0 amide bonds. The zero-order valence-electron chi connectivity index (χ0n) is 15.2. The predicted octanol–water partition coefficient (Wildman–Crippen LogP) is 3.31. The van der Waals surface area contributed by atoms with E-state index in [9.17, 15) is 5.11 Å². The van der Waals surface area contributed by atoms with Gasteiger partial charge >= 0.3 is 0 Å². The Labute approximate surface area is 142 Å². The number of hydrogen-bond donors (Lipinski definition) is 3. The second-order valence-electron chi connectivity index (χ2n) is 7.44. The summed E-state index contributed by atoms with van der Waals surface area (Å²) in [5, 5.41) is 16.2. The van der Waals surface area contributed by atoms with Gasteiger partial charge in [-0.2, -0.15) is 0 Å². The highest BCUT2D eigenvalue weighted by Gasteiger charge is 2.43. The third kappa shape index (κ3) is 6.33. The maximum Gasteiger partial charge on any atom is 0.191 e. The summed E-state index contributed by atoms with van der Waals surface area (Å²) in [6.07, 6.45) is 11.7. The van der Waals surface area contributed by atoms with E-state index in [-0.39, 0.29) is 6.61 Å². The van der Waals surface area contributed by atoms with Gasteiger partial charge in [0.1, 0.15) is 0 Å². The quantitative estimate of drug-likeness (QED) is 0.451. The normalized spacial score (nSPS) is 26.8. The van der Waals surface area contributed by atoms with Crippen LogP contribution in [0.4, 0.5) is 0 Å². The molecule has 4 heteroatoms. The zero-order chi connectivity index (χ0) is 16.5. The highest BCUT2D eigenvalue weighted by atomic mass is 16.3. The number of aliphatic imine (C=N–C) groups is 1. The van der Waals surface area contributed by atoms with Crippen LogP contribution < -0.4 is 10.6 Å². The molecule has 0 aliphatic heterocycles. The molecule has 3 N–H and O–H groups in total. The van der Waals surface area contributed by atoms with Crippen LogP contribution in [0.3, 0.4) is 0 Å². The lowest BCUT2D eigenvalue weighted by molar-refractivity contribution is 0.253. The lowest BCUT2D eigenvalue weighted by atomic mass is 9.85. The topological polar surface area (TPSA) is 56.7 Å². The standard InChI is InChI=1S/C19H37N3O/c1-3-8-15(11-12-23)14-21-19(20-4-2)22-18-13-17(18)16-9-6-5-7-10-16/h15-18,23H,3-14H2,1-2H3,(H2,20,21,22). The van der Waals surface area contributed by atoms with Gasteiger partial charge in [-0.1, -0.05) is 45.4 Å². The third-order valence-corrected chi connectivity index (χ3v) is 5.50. The second kappa shape index (κ2) is 10.2. The molecule has 0 heterocycles. The summed E-state index contributed by atoms with van der Waals surface area (Å²) < 4.78 is 0. The summed E-state index contributed by atoms with van der Waals surface area (Å²) in [7, 11) is 0. The van der Waals surface area contributed by atoms with Crippen LogP contribution in [0.15, 0.2) is 4.99 Å². The van der Waals surface area contributed by atoms with Crippen molar-refractivity contribution in [3.63, 3.8) is 0 Å². The smallest absolute Gasteiger partial charge is 0.191 e. The molecule has 0 bridgehead atoms. The Balaban J connectivity index is 1.79. The summed E-state index contributed by atoms with van der Waals surface area (Å²) in [5.74, 6) is 3.32. The molecule has 2 aliphatic carbocycles. The summed E-state index contributed by atoms with van der Waals surface area (Å²) in [5.41, 5.74) is 0. The van der Waals surface area contributed by atoms with Gasteiger partial charge in [-0.3, -0.25) is 4.99 Å². The zero-order valence-corrected chi connectivity index (χ0v) is 15.2. The molecule has 0 saturated heterocycles. The molecule has 0 spiro atoms. The average molecular weight is 324 g/mol. The fraction of sp³-hybridized carbons (Fsp3) is 0.947. The molecule has 3 unspecified atom stereocenters. The first-order chi connectivity index (χ1) is 11.3. The number of rotatable bonds is 9. The molecule has 2 fully saturated rings.